The summed E-state index contributed by atoms with van der Waals surface area (Å²) < 4.78 is 11.2. The molecule has 25 heavy (non-hydrogen) atoms. The van der Waals surface area contributed by atoms with Crippen molar-refractivity contribution in [2.24, 2.45) is 0 Å². The zero-order valence-electron chi connectivity index (χ0n) is 14.9. The quantitative estimate of drug-likeness (QED) is 0.672. The second-order valence-corrected chi connectivity index (χ2v) is 5.54. The molecule has 1 N–H and O–H groups in total. The van der Waals surface area contributed by atoms with Crippen molar-refractivity contribution < 1.29 is 14.3 Å². The first-order valence-electron chi connectivity index (χ1n) is 8.64. The Morgan fingerprint density at radius 2 is 1.44 bits per heavy atom. The molecule has 0 radical (unpaired) electrons. The number of benzene rings is 2. The number of carbonyl (C=O) groups is 1. The summed E-state index contributed by atoms with van der Waals surface area (Å²) in [5.74, 6) is 1.57. The SMILES string of the molecule is CCN(CC)CC(=O)Nc1ccc(OCCOc2ccccc2)cc1. The van der Waals surface area contributed by atoms with Crippen molar-refractivity contribution >= 4 is 11.6 Å². The van der Waals surface area contributed by atoms with Gasteiger partial charge in [-0.3, -0.25) is 9.69 Å². The van der Waals surface area contributed by atoms with E-state index in [1.807, 2.05) is 68.4 Å². The average Bonchev–Trinajstić information content (AvgIpc) is 2.65. The third-order valence-corrected chi connectivity index (χ3v) is 3.76. The summed E-state index contributed by atoms with van der Waals surface area (Å²) in [6.07, 6.45) is 0. The summed E-state index contributed by atoms with van der Waals surface area (Å²) in [6.45, 7) is 7.16. The summed E-state index contributed by atoms with van der Waals surface area (Å²) in [4.78, 5) is 14.0. The predicted molar refractivity (Wildman–Crippen MR) is 100 cm³/mol. The molecule has 0 atom stereocenters. The molecule has 0 heterocycles. The highest BCUT2D eigenvalue weighted by molar-refractivity contribution is 5.92. The van der Waals surface area contributed by atoms with Gasteiger partial charge in [-0.05, 0) is 49.5 Å². The molecule has 0 unspecified atom stereocenters. The molecule has 5 heteroatoms. The first-order chi connectivity index (χ1) is 12.2. The molecule has 0 bridgehead atoms. The summed E-state index contributed by atoms with van der Waals surface area (Å²) in [7, 11) is 0. The number of anilines is 1. The van der Waals surface area contributed by atoms with Crippen LogP contribution in [0.4, 0.5) is 5.69 Å². The summed E-state index contributed by atoms with van der Waals surface area (Å²) >= 11 is 0. The Bertz CT molecular complexity index is 625. The van der Waals surface area contributed by atoms with Gasteiger partial charge in [-0.2, -0.15) is 0 Å². The standard InChI is InChI=1S/C20H26N2O3/c1-3-22(4-2)16-20(23)21-17-10-12-19(13-11-17)25-15-14-24-18-8-6-5-7-9-18/h5-13H,3-4,14-16H2,1-2H3,(H,21,23). The normalized spacial score (nSPS) is 10.5. The Hall–Kier alpha value is -2.53. The maximum absolute atomic E-state index is 12.0. The highest BCUT2D eigenvalue weighted by Gasteiger charge is 2.07. The van der Waals surface area contributed by atoms with Gasteiger partial charge in [0.05, 0.1) is 6.54 Å². The van der Waals surface area contributed by atoms with Crippen molar-refractivity contribution in [3.63, 3.8) is 0 Å². The van der Waals surface area contributed by atoms with Gasteiger partial charge in [0.2, 0.25) is 5.91 Å². The molecule has 0 aromatic heterocycles. The minimum atomic E-state index is -0.00590. The maximum Gasteiger partial charge on any atom is 0.238 e. The summed E-state index contributed by atoms with van der Waals surface area (Å²) in [5, 5.41) is 2.90. The van der Waals surface area contributed by atoms with Crippen molar-refractivity contribution in [3.8, 4) is 11.5 Å². The van der Waals surface area contributed by atoms with Gasteiger partial charge in [0, 0.05) is 5.69 Å². The molecule has 0 aliphatic heterocycles. The van der Waals surface area contributed by atoms with E-state index < -0.39 is 0 Å². The van der Waals surface area contributed by atoms with Crippen LogP contribution in [-0.2, 0) is 4.79 Å². The first kappa shape index (κ1) is 18.8. The molecular weight excluding hydrogens is 316 g/mol. The number of hydrogen-bond acceptors (Lipinski definition) is 4. The number of nitrogens with zero attached hydrogens (tertiary/aromatic N) is 1. The van der Waals surface area contributed by atoms with E-state index >= 15 is 0 Å². The smallest absolute Gasteiger partial charge is 0.238 e. The molecule has 0 spiro atoms. The van der Waals surface area contributed by atoms with Crippen LogP contribution in [0, 0.1) is 0 Å². The van der Waals surface area contributed by atoms with E-state index in [-0.39, 0.29) is 5.91 Å². The number of hydrogen-bond donors (Lipinski definition) is 1. The number of amides is 1. The Morgan fingerprint density at radius 1 is 0.880 bits per heavy atom. The van der Waals surface area contributed by atoms with Gasteiger partial charge < -0.3 is 14.8 Å². The molecule has 1 amide bonds. The Balaban J connectivity index is 1.71. The van der Waals surface area contributed by atoms with Crippen LogP contribution >= 0.6 is 0 Å². The second kappa shape index (κ2) is 10.4. The van der Waals surface area contributed by atoms with Crippen molar-refractivity contribution in [3.05, 3.63) is 54.6 Å². The zero-order valence-corrected chi connectivity index (χ0v) is 14.9. The molecule has 5 nitrogen and oxygen atoms in total. The van der Waals surface area contributed by atoms with E-state index in [0.717, 1.165) is 30.3 Å². The lowest BCUT2D eigenvalue weighted by atomic mass is 10.3. The third kappa shape index (κ3) is 6.85. The summed E-state index contributed by atoms with van der Waals surface area (Å²) in [5.41, 5.74) is 0.769. The fourth-order valence-electron chi connectivity index (χ4n) is 2.32. The van der Waals surface area contributed by atoms with Crippen molar-refractivity contribution in [2.45, 2.75) is 13.8 Å². The van der Waals surface area contributed by atoms with E-state index in [1.165, 1.54) is 0 Å². The van der Waals surface area contributed by atoms with Crippen LogP contribution in [0.1, 0.15) is 13.8 Å². The van der Waals surface area contributed by atoms with Crippen molar-refractivity contribution in [1.29, 1.82) is 0 Å². The fraction of sp³-hybridized carbons (Fsp3) is 0.350. The van der Waals surface area contributed by atoms with E-state index in [0.29, 0.717) is 19.8 Å². The lowest BCUT2D eigenvalue weighted by Crippen LogP contribution is -2.32. The number of likely N-dealkylation sites (N-methyl/N-ethyl adjacent to an activating group) is 1. The van der Waals surface area contributed by atoms with Gasteiger partial charge in [-0.25, -0.2) is 0 Å². The number of rotatable bonds is 10. The van der Waals surface area contributed by atoms with Crippen LogP contribution in [-0.4, -0.2) is 43.7 Å². The van der Waals surface area contributed by atoms with Gasteiger partial charge in [0.25, 0.3) is 0 Å². The van der Waals surface area contributed by atoms with Crippen LogP contribution in [0.15, 0.2) is 54.6 Å². The van der Waals surface area contributed by atoms with Crippen LogP contribution < -0.4 is 14.8 Å². The molecule has 0 aliphatic rings. The first-order valence-corrected chi connectivity index (χ1v) is 8.64. The van der Waals surface area contributed by atoms with Crippen LogP contribution in [0.3, 0.4) is 0 Å². The molecular formula is C20H26N2O3. The van der Waals surface area contributed by atoms with Gasteiger partial charge in [-0.1, -0.05) is 32.0 Å². The lowest BCUT2D eigenvalue weighted by Gasteiger charge is -2.17. The molecule has 134 valence electrons. The minimum absolute atomic E-state index is 0.00590. The highest BCUT2D eigenvalue weighted by atomic mass is 16.5. The lowest BCUT2D eigenvalue weighted by molar-refractivity contribution is -0.117. The van der Waals surface area contributed by atoms with Gasteiger partial charge >= 0.3 is 0 Å². The number of para-hydroxylation sites is 1. The molecule has 0 saturated heterocycles. The zero-order chi connectivity index (χ0) is 17.9. The molecule has 0 aliphatic carbocycles. The van der Waals surface area contributed by atoms with E-state index in [4.69, 9.17) is 9.47 Å². The fourth-order valence-corrected chi connectivity index (χ4v) is 2.32. The minimum Gasteiger partial charge on any atom is -0.490 e. The third-order valence-electron chi connectivity index (χ3n) is 3.76. The largest absolute Gasteiger partial charge is 0.490 e. The van der Waals surface area contributed by atoms with Crippen molar-refractivity contribution in [1.82, 2.24) is 4.90 Å². The Kier molecular flexibility index (Phi) is 7.79. The van der Waals surface area contributed by atoms with Crippen LogP contribution in [0.25, 0.3) is 0 Å². The number of carbonyl (C=O) groups excluding carboxylic acids is 1. The molecule has 2 aromatic rings. The summed E-state index contributed by atoms with van der Waals surface area (Å²) in [6, 6.07) is 17.0. The molecule has 2 rings (SSSR count). The monoisotopic (exact) mass is 342 g/mol. The van der Waals surface area contributed by atoms with E-state index in [9.17, 15) is 4.79 Å². The van der Waals surface area contributed by atoms with Crippen molar-refractivity contribution in [2.75, 3.05) is 38.2 Å². The van der Waals surface area contributed by atoms with Crippen LogP contribution in [0.2, 0.25) is 0 Å². The predicted octanol–water partition coefficient (Wildman–Crippen LogP) is 3.42. The number of ether oxygens (including phenoxy) is 2. The average molecular weight is 342 g/mol. The van der Waals surface area contributed by atoms with E-state index in [1.54, 1.807) is 0 Å². The highest BCUT2D eigenvalue weighted by Crippen LogP contribution is 2.16. The van der Waals surface area contributed by atoms with Crippen LogP contribution in [0.5, 0.6) is 11.5 Å². The van der Waals surface area contributed by atoms with Gasteiger partial charge in [0.15, 0.2) is 0 Å². The molecule has 2 aromatic carbocycles. The maximum atomic E-state index is 12.0. The Labute approximate surface area is 149 Å². The van der Waals surface area contributed by atoms with E-state index in [2.05, 4.69) is 10.2 Å². The molecule has 0 fully saturated rings. The molecule has 0 saturated carbocycles. The second-order valence-electron chi connectivity index (χ2n) is 5.54. The number of nitrogens with one attached hydrogen (secondary N) is 1. The topological polar surface area (TPSA) is 50.8 Å². The Morgan fingerprint density at radius 3 is 2.00 bits per heavy atom. The van der Waals surface area contributed by atoms with Gasteiger partial charge in [-0.15, -0.1) is 0 Å². The van der Waals surface area contributed by atoms with Gasteiger partial charge in [0.1, 0.15) is 24.7 Å².